The molecule has 98 valence electrons. The van der Waals surface area contributed by atoms with Crippen molar-refractivity contribution in [2.45, 2.75) is 31.8 Å². The predicted octanol–water partition coefficient (Wildman–Crippen LogP) is -0.994. The lowest BCUT2D eigenvalue weighted by molar-refractivity contribution is -0.129. The molecule has 1 heterocycles. The first kappa shape index (κ1) is 13.9. The van der Waals surface area contributed by atoms with Gasteiger partial charge >= 0.3 is 0 Å². The zero-order valence-corrected chi connectivity index (χ0v) is 10.4. The first-order chi connectivity index (χ1) is 8.15. The third-order valence-corrected chi connectivity index (χ3v) is 2.73. The monoisotopic (exact) mass is 243 g/mol. The van der Waals surface area contributed by atoms with Crippen molar-refractivity contribution < 1.29 is 14.3 Å². The Bertz CT molecular complexity index is 265. The molecule has 1 fully saturated rings. The highest BCUT2D eigenvalue weighted by molar-refractivity contribution is 5.89. The number of hydrogen-bond acceptors (Lipinski definition) is 4. The number of ether oxygens (including phenoxy) is 1. The molecular weight excluding hydrogens is 222 g/mol. The molecule has 1 rings (SSSR count). The fraction of sp³-hybridized carbons (Fsp3) is 0.818. The van der Waals surface area contributed by atoms with Gasteiger partial charge in [-0.05, 0) is 26.3 Å². The first-order valence-electron chi connectivity index (χ1n) is 5.95. The van der Waals surface area contributed by atoms with E-state index in [2.05, 4.69) is 16.0 Å². The van der Waals surface area contributed by atoms with Crippen LogP contribution in [0.1, 0.15) is 19.8 Å². The van der Waals surface area contributed by atoms with Crippen LogP contribution in [0, 0.1) is 0 Å². The Morgan fingerprint density at radius 1 is 1.53 bits per heavy atom. The maximum atomic E-state index is 11.7. The van der Waals surface area contributed by atoms with Gasteiger partial charge in [-0.1, -0.05) is 0 Å². The van der Waals surface area contributed by atoms with Crippen molar-refractivity contribution in [3.05, 3.63) is 0 Å². The minimum atomic E-state index is -0.512. The molecule has 1 unspecified atom stereocenters. The number of carbonyl (C=O) groups excluding carboxylic acids is 2. The van der Waals surface area contributed by atoms with Crippen molar-refractivity contribution >= 4 is 11.8 Å². The Labute approximate surface area is 101 Å². The summed E-state index contributed by atoms with van der Waals surface area (Å²) >= 11 is 0. The molecule has 6 nitrogen and oxygen atoms in total. The van der Waals surface area contributed by atoms with Crippen LogP contribution >= 0.6 is 0 Å². The van der Waals surface area contributed by atoms with E-state index < -0.39 is 6.04 Å². The largest absolute Gasteiger partial charge is 0.383 e. The zero-order chi connectivity index (χ0) is 12.7. The number of amides is 2. The molecule has 2 atom stereocenters. The summed E-state index contributed by atoms with van der Waals surface area (Å²) in [6.45, 7) is 3.47. The van der Waals surface area contributed by atoms with E-state index >= 15 is 0 Å². The van der Waals surface area contributed by atoms with Crippen molar-refractivity contribution in [1.29, 1.82) is 0 Å². The third-order valence-electron chi connectivity index (χ3n) is 2.73. The number of nitrogens with one attached hydrogen (secondary N) is 3. The van der Waals surface area contributed by atoms with Crippen molar-refractivity contribution in [2.24, 2.45) is 0 Å². The van der Waals surface area contributed by atoms with Crippen LogP contribution in [0.15, 0.2) is 0 Å². The molecule has 0 saturated carbocycles. The van der Waals surface area contributed by atoms with Crippen LogP contribution in [0.5, 0.6) is 0 Å². The summed E-state index contributed by atoms with van der Waals surface area (Å²) in [5, 5.41) is 8.46. The Balaban J connectivity index is 2.24. The van der Waals surface area contributed by atoms with E-state index in [1.54, 1.807) is 14.0 Å². The molecule has 0 aliphatic carbocycles. The molecule has 1 aliphatic heterocycles. The highest BCUT2D eigenvalue weighted by Gasteiger charge is 2.24. The van der Waals surface area contributed by atoms with Crippen molar-refractivity contribution in [3.8, 4) is 0 Å². The van der Waals surface area contributed by atoms with Crippen LogP contribution in [-0.4, -0.2) is 50.7 Å². The van der Waals surface area contributed by atoms with Gasteiger partial charge in [0.25, 0.3) is 0 Å². The second-order valence-corrected chi connectivity index (χ2v) is 4.16. The lowest BCUT2D eigenvalue weighted by Gasteiger charge is -2.16. The lowest BCUT2D eigenvalue weighted by atomic mass is 10.2. The number of hydrogen-bond donors (Lipinski definition) is 3. The van der Waals surface area contributed by atoms with Crippen LogP contribution < -0.4 is 16.0 Å². The average Bonchev–Trinajstić information content (AvgIpc) is 2.82. The van der Waals surface area contributed by atoms with E-state index in [9.17, 15) is 9.59 Å². The quantitative estimate of drug-likeness (QED) is 0.523. The van der Waals surface area contributed by atoms with Gasteiger partial charge in [-0.2, -0.15) is 0 Å². The summed E-state index contributed by atoms with van der Waals surface area (Å²) < 4.78 is 4.82. The minimum Gasteiger partial charge on any atom is -0.383 e. The summed E-state index contributed by atoms with van der Waals surface area (Å²) in [6.07, 6.45) is 1.84. The minimum absolute atomic E-state index is 0.100. The summed E-state index contributed by atoms with van der Waals surface area (Å²) in [5.41, 5.74) is 0. The Kier molecular flexibility index (Phi) is 5.93. The van der Waals surface area contributed by atoms with E-state index in [0.717, 1.165) is 19.4 Å². The van der Waals surface area contributed by atoms with Gasteiger partial charge in [-0.15, -0.1) is 0 Å². The van der Waals surface area contributed by atoms with Crippen LogP contribution in [0.4, 0.5) is 0 Å². The molecule has 1 aliphatic rings. The maximum Gasteiger partial charge on any atom is 0.242 e. The smallest absolute Gasteiger partial charge is 0.242 e. The predicted molar refractivity (Wildman–Crippen MR) is 63.5 cm³/mol. The topological polar surface area (TPSA) is 79.5 Å². The number of rotatable bonds is 6. The standard InChI is InChI=1S/C11H21N3O3/c1-8(10(15)13-6-7-17-2)14-11(16)9-4-3-5-12-9/h8-9,12H,3-7H2,1-2H3,(H,13,15)(H,14,16)/t8?,9-/m0/s1. The molecule has 17 heavy (non-hydrogen) atoms. The van der Waals surface area contributed by atoms with E-state index in [1.165, 1.54) is 0 Å². The van der Waals surface area contributed by atoms with Crippen LogP contribution in [0.3, 0.4) is 0 Å². The van der Waals surface area contributed by atoms with Gasteiger partial charge in [0.1, 0.15) is 6.04 Å². The second kappa shape index (κ2) is 7.24. The summed E-state index contributed by atoms with van der Waals surface area (Å²) in [7, 11) is 1.57. The van der Waals surface area contributed by atoms with E-state index in [-0.39, 0.29) is 17.9 Å². The van der Waals surface area contributed by atoms with Crippen LogP contribution in [0.25, 0.3) is 0 Å². The third kappa shape index (κ3) is 4.70. The molecule has 1 saturated heterocycles. The van der Waals surface area contributed by atoms with Crippen molar-refractivity contribution in [3.63, 3.8) is 0 Å². The number of methoxy groups -OCH3 is 1. The van der Waals surface area contributed by atoms with Crippen molar-refractivity contribution in [2.75, 3.05) is 26.8 Å². The van der Waals surface area contributed by atoms with Gasteiger partial charge in [0.15, 0.2) is 0 Å². The molecule has 2 amide bonds. The fourth-order valence-corrected chi connectivity index (χ4v) is 1.72. The summed E-state index contributed by atoms with van der Waals surface area (Å²) in [4.78, 5) is 23.3. The molecule has 0 aromatic rings. The van der Waals surface area contributed by atoms with E-state index in [4.69, 9.17) is 4.74 Å². The lowest BCUT2D eigenvalue weighted by Crippen LogP contribution is -2.50. The molecule has 0 aromatic heterocycles. The molecule has 0 aromatic carbocycles. The number of carbonyl (C=O) groups is 2. The van der Waals surface area contributed by atoms with E-state index in [1.807, 2.05) is 0 Å². The second-order valence-electron chi connectivity index (χ2n) is 4.16. The summed E-state index contributed by atoms with van der Waals surface area (Å²) in [5.74, 6) is -0.287. The summed E-state index contributed by atoms with van der Waals surface area (Å²) in [6, 6.07) is -0.661. The molecule has 0 spiro atoms. The van der Waals surface area contributed by atoms with Crippen LogP contribution in [0.2, 0.25) is 0 Å². The first-order valence-corrected chi connectivity index (χ1v) is 5.95. The van der Waals surface area contributed by atoms with Gasteiger partial charge in [0, 0.05) is 13.7 Å². The Morgan fingerprint density at radius 2 is 2.29 bits per heavy atom. The van der Waals surface area contributed by atoms with Gasteiger partial charge in [0.2, 0.25) is 11.8 Å². The van der Waals surface area contributed by atoms with Gasteiger partial charge in [-0.25, -0.2) is 0 Å². The van der Waals surface area contributed by atoms with Gasteiger partial charge in [-0.3, -0.25) is 9.59 Å². The molecule has 0 radical (unpaired) electrons. The normalized spacial score (nSPS) is 20.9. The molecule has 6 heteroatoms. The SMILES string of the molecule is COCCNC(=O)C(C)NC(=O)[C@@H]1CCCN1. The van der Waals surface area contributed by atoms with Crippen molar-refractivity contribution in [1.82, 2.24) is 16.0 Å². The average molecular weight is 243 g/mol. The highest BCUT2D eigenvalue weighted by Crippen LogP contribution is 2.04. The van der Waals surface area contributed by atoms with E-state index in [0.29, 0.717) is 13.2 Å². The maximum absolute atomic E-state index is 11.7. The van der Waals surface area contributed by atoms with Gasteiger partial charge in [0.05, 0.1) is 12.6 Å². The molecular formula is C11H21N3O3. The fourth-order valence-electron chi connectivity index (χ4n) is 1.72. The molecule has 3 N–H and O–H groups in total. The van der Waals surface area contributed by atoms with Crippen LogP contribution in [-0.2, 0) is 14.3 Å². The van der Waals surface area contributed by atoms with Gasteiger partial charge < -0.3 is 20.7 Å². The Morgan fingerprint density at radius 3 is 2.88 bits per heavy atom. The molecule has 0 bridgehead atoms. The zero-order valence-electron chi connectivity index (χ0n) is 10.4. The highest BCUT2D eigenvalue weighted by atomic mass is 16.5. The Hall–Kier alpha value is -1.14.